The van der Waals surface area contributed by atoms with Gasteiger partial charge in [-0.2, -0.15) is 5.10 Å². The van der Waals surface area contributed by atoms with Crippen LogP contribution in [0.5, 0.6) is 0 Å². The first-order chi connectivity index (χ1) is 5.20. The fourth-order valence-corrected chi connectivity index (χ4v) is 0.868. The Hall–Kier alpha value is -0.830. The number of nitrogens with one attached hydrogen (secondary N) is 2. The van der Waals surface area contributed by atoms with E-state index in [0.717, 1.165) is 12.2 Å². The lowest BCUT2D eigenvalue weighted by Gasteiger charge is -2.05. The molecule has 3 nitrogen and oxygen atoms in total. The number of H-pyrrole nitrogens is 1. The van der Waals surface area contributed by atoms with Gasteiger partial charge in [-0.05, 0) is 6.92 Å². The highest BCUT2D eigenvalue weighted by Crippen LogP contribution is 2.01. The molecule has 0 unspecified atom stereocenters. The third kappa shape index (κ3) is 2.35. The zero-order valence-electron chi connectivity index (χ0n) is 7.31. The van der Waals surface area contributed by atoms with Crippen molar-refractivity contribution in [2.45, 2.75) is 33.4 Å². The van der Waals surface area contributed by atoms with Crippen molar-refractivity contribution in [3.63, 3.8) is 0 Å². The van der Waals surface area contributed by atoms with Crippen molar-refractivity contribution in [2.75, 3.05) is 0 Å². The van der Waals surface area contributed by atoms with Crippen molar-refractivity contribution in [1.29, 1.82) is 0 Å². The SMILES string of the molecule is Cc1[nH]ncc1CNC(C)C. The molecule has 1 heterocycles. The van der Waals surface area contributed by atoms with Crippen LogP contribution in [0.1, 0.15) is 25.1 Å². The number of hydrogen-bond donors (Lipinski definition) is 2. The number of aromatic nitrogens is 2. The van der Waals surface area contributed by atoms with Gasteiger partial charge in [-0.25, -0.2) is 0 Å². The molecule has 0 saturated carbocycles. The molecule has 0 aliphatic heterocycles. The van der Waals surface area contributed by atoms with E-state index in [1.165, 1.54) is 5.56 Å². The minimum absolute atomic E-state index is 0.532. The van der Waals surface area contributed by atoms with Crippen molar-refractivity contribution >= 4 is 0 Å². The normalized spacial score (nSPS) is 10.9. The summed E-state index contributed by atoms with van der Waals surface area (Å²) < 4.78 is 0. The molecular formula is C8H15N3. The van der Waals surface area contributed by atoms with E-state index in [9.17, 15) is 0 Å². The second-order valence-electron chi connectivity index (χ2n) is 3.06. The molecule has 2 N–H and O–H groups in total. The number of nitrogens with zero attached hydrogens (tertiary/aromatic N) is 1. The number of aryl methyl sites for hydroxylation is 1. The first kappa shape index (κ1) is 8.27. The number of rotatable bonds is 3. The lowest BCUT2D eigenvalue weighted by molar-refractivity contribution is 0.587. The maximum atomic E-state index is 3.93. The maximum Gasteiger partial charge on any atom is 0.0535 e. The highest BCUT2D eigenvalue weighted by molar-refractivity contribution is 5.13. The van der Waals surface area contributed by atoms with Crippen LogP contribution in [0, 0.1) is 6.92 Å². The Kier molecular flexibility index (Phi) is 2.65. The second kappa shape index (κ2) is 3.53. The zero-order chi connectivity index (χ0) is 8.27. The van der Waals surface area contributed by atoms with E-state index in [1.807, 2.05) is 13.1 Å². The van der Waals surface area contributed by atoms with Crippen LogP contribution in [-0.2, 0) is 6.54 Å². The quantitative estimate of drug-likeness (QED) is 0.685. The Morgan fingerprint density at radius 3 is 2.82 bits per heavy atom. The molecule has 0 aromatic carbocycles. The topological polar surface area (TPSA) is 40.7 Å². The van der Waals surface area contributed by atoms with Crippen LogP contribution in [0.4, 0.5) is 0 Å². The first-order valence-electron chi connectivity index (χ1n) is 3.92. The van der Waals surface area contributed by atoms with Gasteiger partial charge in [0, 0.05) is 23.8 Å². The van der Waals surface area contributed by atoms with E-state index in [0.29, 0.717) is 6.04 Å². The van der Waals surface area contributed by atoms with Crippen molar-refractivity contribution in [3.8, 4) is 0 Å². The van der Waals surface area contributed by atoms with Crippen LogP contribution in [0.15, 0.2) is 6.20 Å². The molecule has 0 fully saturated rings. The second-order valence-corrected chi connectivity index (χ2v) is 3.06. The van der Waals surface area contributed by atoms with Crippen LogP contribution < -0.4 is 5.32 Å². The molecule has 0 amide bonds. The van der Waals surface area contributed by atoms with Gasteiger partial charge in [0.2, 0.25) is 0 Å². The van der Waals surface area contributed by atoms with Crippen LogP contribution >= 0.6 is 0 Å². The Morgan fingerprint density at radius 2 is 2.36 bits per heavy atom. The average Bonchev–Trinajstić information content (AvgIpc) is 2.31. The first-order valence-corrected chi connectivity index (χ1v) is 3.92. The van der Waals surface area contributed by atoms with Crippen LogP contribution in [-0.4, -0.2) is 16.2 Å². The van der Waals surface area contributed by atoms with Gasteiger partial charge in [-0.15, -0.1) is 0 Å². The molecule has 1 aromatic heterocycles. The van der Waals surface area contributed by atoms with Gasteiger partial charge < -0.3 is 5.32 Å². The molecule has 62 valence electrons. The molecule has 0 atom stereocenters. The summed E-state index contributed by atoms with van der Waals surface area (Å²) >= 11 is 0. The van der Waals surface area contributed by atoms with Gasteiger partial charge in [0.15, 0.2) is 0 Å². The van der Waals surface area contributed by atoms with Gasteiger partial charge in [0.1, 0.15) is 0 Å². The molecule has 1 aromatic rings. The summed E-state index contributed by atoms with van der Waals surface area (Å²) in [5, 5.41) is 10.2. The Balaban J connectivity index is 2.44. The summed E-state index contributed by atoms with van der Waals surface area (Å²) in [7, 11) is 0. The molecule has 0 bridgehead atoms. The molecule has 0 aliphatic rings. The van der Waals surface area contributed by atoms with E-state index in [-0.39, 0.29) is 0 Å². The lowest BCUT2D eigenvalue weighted by atomic mass is 10.2. The monoisotopic (exact) mass is 153 g/mol. The Labute approximate surface area is 67.2 Å². The molecule has 0 saturated heterocycles. The maximum absolute atomic E-state index is 3.93. The highest BCUT2D eigenvalue weighted by atomic mass is 15.1. The molecule has 0 radical (unpaired) electrons. The molecule has 3 heteroatoms. The van der Waals surface area contributed by atoms with E-state index < -0.39 is 0 Å². The summed E-state index contributed by atoms with van der Waals surface area (Å²) in [6, 6.07) is 0.532. The van der Waals surface area contributed by atoms with Crippen LogP contribution in [0.25, 0.3) is 0 Å². The largest absolute Gasteiger partial charge is 0.310 e. The van der Waals surface area contributed by atoms with E-state index >= 15 is 0 Å². The zero-order valence-corrected chi connectivity index (χ0v) is 7.31. The summed E-state index contributed by atoms with van der Waals surface area (Å²) in [6.45, 7) is 7.20. The minimum atomic E-state index is 0.532. The summed E-state index contributed by atoms with van der Waals surface area (Å²) in [6.07, 6.45) is 1.87. The molecule has 0 aliphatic carbocycles. The molecule has 0 spiro atoms. The molecular weight excluding hydrogens is 138 g/mol. The summed E-state index contributed by atoms with van der Waals surface area (Å²) in [5.74, 6) is 0. The predicted octanol–water partition coefficient (Wildman–Crippen LogP) is 1.22. The Bertz CT molecular complexity index is 215. The van der Waals surface area contributed by atoms with Gasteiger partial charge in [-0.1, -0.05) is 13.8 Å². The standard InChI is InChI=1S/C8H15N3/c1-6(2)9-4-8-5-10-11-7(8)3/h5-6,9H,4H2,1-3H3,(H,10,11). The molecule has 1 rings (SSSR count). The van der Waals surface area contributed by atoms with Crippen molar-refractivity contribution in [1.82, 2.24) is 15.5 Å². The van der Waals surface area contributed by atoms with Gasteiger partial charge in [-0.3, -0.25) is 5.10 Å². The smallest absolute Gasteiger partial charge is 0.0535 e. The fraction of sp³-hybridized carbons (Fsp3) is 0.625. The third-order valence-electron chi connectivity index (χ3n) is 1.64. The minimum Gasteiger partial charge on any atom is -0.310 e. The van der Waals surface area contributed by atoms with Crippen molar-refractivity contribution in [2.24, 2.45) is 0 Å². The van der Waals surface area contributed by atoms with Crippen LogP contribution in [0.2, 0.25) is 0 Å². The number of hydrogen-bond acceptors (Lipinski definition) is 2. The van der Waals surface area contributed by atoms with E-state index in [2.05, 4.69) is 29.4 Å². The highest BCUT2D eigenvalue weighted by Gasteiger charge is 1.99. The summed E-state index contributed by atoms with van der Waals surface area (Å²) in [4.78, 5) is 0. The Morgan fingerprint density at radius 1 is 1.64 bits per heavy atom. The van der Waals surface area contributed by atoms with Gasteiger partial charge in [0.05, 0.1) is 6.20 Å². The fourth-order valence-electron chi connectivity index (χ4n) is 0.868. The van der Waals surface area contributed by atoms with Crippen LogP contribution in [0.3, 0.4) is 0 Å². The summed E-state index contributed by atoms with van der Waals surface area (Å²) in [5.41, 5.74) is 2.40. The van der Waals surface area contributed by atoms with Crippen molar-refractivity contribution in [3.05, 3.63) is 17.5 Å². The lowest BCUT2D eigenvalue weighted by Crippen LogP contribution is -2.21. The number of aromatic amines is 1. The third-order valence-corrected chi connectivity index (χ3v) is 1.64. The molecule has 11 heavy (non-hydrogen) atoms. The van der Waals surface area contributed by atoms with E-state index in [4.69, 9.17) is 0 Å². The van der Waals surface area contributed by atoms with Crippen molar-refractivity contribution < 1.29 is 0 Å². The average molecular weight is 153 g/mol. The van der Waals surface area contributed by atoms with Gasteiger partial charge >= 0.3 is 0 Å². The predicted molar refractivity (Wildman–Crippen MR) is 45.3 cm³/mol. The van der Waals surface area contributed by atoms with Gasteiger partial charge in [0.25, 0.3) is 0 Å². The van der Waals surface area contributed by atoms with E-state index in [1.54, 1.807) is 0 Å².